The molecule has 0 fully saturated rings. The van der Waals surface area contributed by atoms with Crippen LogP contribution < -0.4 is 4.74 Å². The summed E-state index contributed by atoms with van der Waals surface area (Å²) in [4.78, 5) is 0. The van der Waals surface area contributed by atoms with Crippen molar-refractivity contribution in [3.05, 3.63) is 29.3 Å². The van der Waals surface area contributed by atoms with Crippen LogP contribution in [0.3, 0.4) is 0 Å². The van der Waals surface area contributed by atoms with Gasteiger partial charge in [-0.05, 0) is 25.0 Å². The number of benzene rings is 1. The molecule has 0 spiro atoms. The summed E-state index contributed by atoms with van der Waals surface area (Å²) in [5.41, 5.74) is 1.68. The zero-order valence-corrected chi connectivity index (χ0v) is 8.84. The average molecular weight is 216 g/mol. The zero-order valence-electron chi connectivity index (χ0n) is 8.02. The molecule has 1 aromatic rings. The SMILES string of the molecule is Cc1cccc(C)c1OCS(=O)(=O)O. The molecule has 0 atom stereocenters. The van der Waals surface area contributed by atoms with Gasteiger partial charge in [-0.15, -0.1) is 0 Å². The molecule has 1 rings (SSSR count). The molecule has 0 heterocycles. The van der Waals surface area contributed by atoms with Gasteiger partial charge in [-0.2, -0.15) is 8.42 Å². The molecule has 0 unspecified atom stereocenters. The van der Waals surface area contributed by atoms with Crippen molar-refractivity contribution in [2.75, 3.05) is 5.94 Å². The van der Waals surface area contributed by atoms with Gasteiger partial charge in [0.15, 0.2) is 0 Å². The van der Waals surface area contributed by atoms with E-state index in [4.69, 9.17) is 9.29 Å². The van der Waals surface area contributed by atoms with Crippen LogP contribution in [0, 0.1) is 13.8 Å². The molecule has 0 amide bonds. The highest BCUT2D eigenvalue weighted by atomic mass is 32.2. The van der Waals surface area contributed by atoms with Crippen LogP contribution in [-0.4, -0.2) is 18.9 Å². The highest BCUT2D eigenvalue weighted by Crippen LogP contribution is 2.22. The summed E-state index contributed by atoms with van der Waals surface area (Å²) < 4.78 is 34.4. The first-order chi connectivity index (χ1) is 6.40. The topological polar surface area (TPSA) is 63.6 Å². The van der Waals surface area contributed by atoms with Crippen LogP contribution in [0.25, 0.3) is 0 Å². The van der Waals surface area contributed by atoms with Gasteiger partial charge in [0.1, 0.15) is 5.75 Å². The number of hydrogen-bond donors (Lipinski definition) is 1. The maximum absolute atomic E-state index is 10.5. The molecule has 0 saturated heterocycles. The molecule has 14 heavy (non-hydrogen) atoms. The second-order valence-corrected chi connectivity index (χ2v) is 4.46. The molecule has 0 radical (unpaired) electrons. The molecule has 0 aliphatic carbocycles. The van der Waals surface area contributed by atoms with Crippen LogP contribution in [0.1, 0.15) is 11.1 Å². The Hall–Kier alpha value is -1.07. The second-order valence-electron chi connectivity index (χ2n) is 3.07. The van der Waals surface area contributed by atoms with Gasteiger partial charge in [-0.1, -0.05) is 18.2 Å². The van der Waals surface area contributed by atoms with E-state index in [0.29, 0.717) is 5.75 Å². The van der Waals surface area contributed by atoms with Crippen molar-refractivity contribution in [3.63, 3.8) is 0 Å². The van der Waals surface area contributed by atoms with E-state index < -0.39 is 16.1 Å². The Kier molecular flexibility index (Phi) is 3.13. The first kappa shape index (κ1) is 11.0. The number of aryl methyl sites for hydroxylation is 2. The van der Waals surface area contributed by atoms with Crippen molar-refractivity contribution in [3.8, 4) is 5.75 Å². The Morgan fingerprint density at radius 3 is 2.21 bits per heavy atom. The van der Waals surface area contributed by atoms with E-state index in [2.05, 4.69) is 0 Å². The van der Waals surface area contributed by atoms with Gasteiger partial charge in [0.2, 0.25) is 5.94 Å². The van der Waals surface area contributed by atoms with Gasteiger partial charge < -0.3 is 4.74 Å². The van der Waals surface area contributed by atoms with Crippen LogP contribution in [0.4, 0.5) is 0 Å². The Labute approximate surface area is 83.3 Å². The van der Waals surface area contributed by atoms with Crippen LogP contribution in [0.15, 0.2) is 18.2 Å². The van der Waals surface area contributed by atoms with Crippen molar-refractivity contribution < 1.29 is 17.7 Å². The van der Waals surface area contributed by atoms with E-state index in [1.165, 1.54) is 0 Å². The Bertz CT molecular complexity index is 402. The minimum atomic E-state index is -4.08. The number of rotatable bonds is 3. The average Bonchev–Trinajstić information content (AvgIpc) is 2.01. The standard InChI is InChI=1S/C9H12O4S/c1-7-4-3-5-8(2)9(7)13-6-14(10,11)12/h3-5H,6H2,1-2H3,(H,10,11,12). The second kappa shape index (κ2) is 3.98. The molecule has 0 saturated carbocycles. The fourth-order valence-electron chi connectivity index (χ4n) is 1.16. The van der Waals surface area contributed by atoms with E-state index in [-0.39, 0.29) is 0 Å². The maximum atomic E-state index is 10.5. The van der Waals surface area contributed by atoms with Gasteiger partial charge in [0, 0.05) is 0 Å². The molecule has 1 aromatic carbocycles. The van der Waals surface area contributed by atoms with Crippen molar-refractivity contribution in [2.24, 2.45) is 0 Å². The number of ether oxygens (including phenoxy) is 1. The highest BCUT2D eigenvalue weighted by Gasteiger charge is 2.08. The first-order valence-electron chi connectivity index (χ1n) is 4.04. The third kappa shape index (κ3) is 3.01. The lowest BCUT2D eigenvalue weighted by Gasteiger charge is -2.09. The van der Waals surface area contributed by atoms with Gasteiger partial charge in [-0.25, -0.2) is 0 Å². The lowest BCUT2D eigenvalue weighted by atomic mass is 10.1. The summed E-state index contributed by atoms with van der Waals surface area (Å²) in [6.45, 7) is 3.62. The summed E-state index contributed by atoms with van der Waals surface area (Å²) in [6.07, 6.45) is 0. The van der Waals surface area contributed by atoms with Crippen molar-refractivity contribution in [1.82, 2.24) is 0 Å². The maximum Gasteiger partial charge on any atom is 0.300 e. The minimum Gasteiger partial charge on any atom is -0.475 e. The summed E-state index contributed by atoms with van der Waals surface area (Å²) in [5.74, 6) is -0.205. The fourth-order valence-corrected chi connectivity index (χ4v) is 1.43. The minimum absolute atomic E-state index is 0.505. The Morgan fingerprint density at radius 1 is 1.29 bits per heavy atom. The normalized spacial score (nSPS) is 11.4. The predicted molar refractivity (Wildman–Crippen MR) is 53.0 cm³/mol. The van der Waals surface area contributed by atoms with Crippen LogP contribution in [0.2, 0.25) is 0 Å². The van der Waals surface area contributed by atoms with E-state index in [9.17, 15) is 8.42 Å². The van der Waals surface area contributed by atoms with Crippen LogP contribution >= 0.6 is 0 Å². The molecule has 0 aromatic heterocycles. The Balaban J connectivity index is 2.87. The third-order valence-corrected chi connectivity index (χ3v) is 2.18. The largest absolute Gasteiger partial charge is 0.475 e. The molecule has 4 nitrogen and oxygen atoms in total. The van der Waals surface area contributed by atoms with Gasteiger partial charge in [0.05, 0.1) is 0 Å². The molecule has 0 aliphatic heterocycles. The van der Waals surface area contributed by atoms with E-state index in [1.54, 1.807) is 0 Å². The smallest absolute Gasteiger partial charge is 0.300 e. The monoisotopic (exact) mass is 216 g/mol. The molecular weight excluding hydrogens is 204 g/mol. The quantitative estimate of drug-likeness (QED) is 0.778. The first-order valence-corrected chi connectivity index (χ1v) is 5.65. The van der Waals surface area contributed by atoms with Gasteiger partial charge in [0.25, 0.3) is 0 Å². The summed E-state index contributed by atoms with van der Waals surface area (Å²) in [6, 6.07) is 5.48. The molecule has 0 bridgehead atoms. The van der Waals surface area contributed by atoms with Crippen molar-refractivity contribution in [2.45, 2.75) is 13.8 Å². The summed E-state index contributed by atoms with van der Waals surface area (Å²) >= 11 is 0. The van der Waals surface area contributed by atoms with E-state index in [1.807, 2.05) is 32.0 Å². The van der Waals surface area contributed by atoms with Gasteiger partial charge >= 0.3 is 10.1 Å². The van der Waals surface area contributed by atoms with E-state index >= 15 is 0 Å². The number of hydrogen-bond acceptors (Lipinski definition) is 3. The van der Waals surface area contributed by atoms with Crippen LogP contribution in [0.5, 0.6) is 5.75 Å². The number of para-hydroxylation sites is 1. The Morgan fingerprint density at radius 2 is 1.79 bits per heavy atom. The fraction of sp³-hybridized carbons (Fsp3) is 0.333. The van der Waals surface area contributed by atoms with Crippen LogP contribution in [-0.2, 0) is 10.1 Å². The van der Waals surface area contributed by atoms with E-state index in [0.717, 1.165) is 11.1 Å². The van der Waals surface area contributed by atoms with Crippen molar-refractivity contribution in [1.29, 1.82) is 0 Å². The molecule has 5 heteroatoms. The zero-order chi connectivity index (χ0) is 10.8. The lowest BCUT2D eigenvalue weighted by molar-refractivity contribution is 0.349. The van der Waals surface area contributed by atoms with Gasteiger partial charge in [-0.3, -0.25) is 4.55 Å². The molecular formula is C9H12O4S. The lowest BCUT2D eigenvalue weighted by Crippen LogP contribution is -2.11. The molecule has 1 N–H and O–H groups in total. The highest BCUT2D eigenvalue weighted by molar-refractivity contribution is 7.85. The summed E-state index contributed by atoms with van der Waals surface area (Å²) in [7, 11) is -4.08. The summed E-state index contributed by atoms with van der Waals surface area (Å²) in [5, 5.41) is 0. The molecule has 0 aliphatic rings. The third-order valence-electron chi connectivity index (χ3n) is 1.76. The molecule has 78 valence electrons. The van der Waals surface area contributed by atoms with Crippen molar-refractivity contribution >= 4 is 10.1 Å². The predicted octanol–water partition coefficient (Wildman–Crippen LogP) is 1.53.